The lowest BCUT2D eigenvalue weighted by atomic mass is 10.1. The fourth-order valence-corrected chi connectivity index (χ4v) is 2.10. The van der Waals surface area contributed by atoms with Crippen LogP contribution in [-0.2, 0) is 14.3 Å². The molecule has 116 valence electrons. The number of alkyl carbamates (subject to hydrolysis) is 1. The van der Waals surface area contributed by atoms with E-state index in [2.05, 4.69) is 5.32 Å². The van der Waals surface area contributed by atoms with Crippen LogP contribution in [0.3, 0.4) is 0 Å². The van der Waals surface area contributed by atoms with Gasteiger partial charge in [0.25, 0.3) is 0 Å². The molecule has 0 aromatic heterocycles. The molecule has 1 aliphatic heterocycles. The number of carbonyl (C=O) groups excluding carboxylic acids is 2. The maximum Gasteiger partial charge on any atom is 0.407 e. The van der Waals surface area contributed by atoms with Gasteiger partial charge in [-0.3, -0.25) is 9.69 Å². The number of likely N-dealkylation sites (tertiary alicyclic amines) is 1. The third-order valence-corrected chi connectivity index (χ3v) is 2.97. The van der Waals surface area contributed by atoms with E-state index >= 15 is 0 Å². The molecule has 1 N–H and O–H groups in total. The molecular formula is C14H26N2O4. The van der Waals surface area contributed by atoms with Crippen LogP contribution in [0.1, 0.15) is 40.5 Å². The van der Waals surface area contributed by atoms with Gasteiger partial charge in [-0.25, -0.2) is 4.79 Å². The Morgan fingerprint density at radius 2 is 1.85 bits per heavy atom. The smallest absolute Gasteiger partial charge is 0.407 e. The molecule has 0 aromatic carbocycles. The van der Waals surface area contributed by atoms with E-state index in [0.29, 0.717) is 13.2 Å². The van der Waals surface area contributed by atoms with E-state index in [1.165, 1.54) is 0 Å². The first-order valence-corrected chi connectivity index (χ1v) is 7.17. The van der Waals surface area contributed by atoms with Gasteiger partial charge in [0, 0.05) is 19.1 Å². The average molecular weight is 286 g/mol. The zero-order chi connectivity index (χ0) is 15.2. The number of amides is 1. The van der Waals surface area contributed by atoms with Crippen LogP contribution in [-0.4, -0.2) is 54.8 Å². The van der Waals surface area contributed by atoms with Crippen LogP contribution in [0.5, 0.6) is 0 Å². The van der Waals surface area contributed by atoms with E-state index in [9.17, 15) is 9.59 Å². The van der Waals surface area contributed by atoms with Gasteiger partial charge in [0.2, 0.25) is 0 Å². The van der Waals surface area contributed by atoms with Gasteiger partial charge in [0.05, 0.1) is 13.2 Å². The van der Waals surface area contributed by atoms with Gasteiger partial charge in [-0.2, -0.15) is 0 Å². The Morgan fingerprint density at radius 3 is 2.35 bits per heavy atom. The molecule has 1 saturated heterocycles. The van der Waals surface area contributed by atoms with Crippen molar-refractivity contribution < 1.29 is 19.1 Å². The van der Waals surface area contributed by atoms with Crippen LogP contribution in [0, 0.1) is 0 Å². The number of piperidine rings is 1. The predicted octanol–water partition coefficient (Wildman–Crippen LogP) is 1.54. The van der Waals surface area contributed by atoms with Crippen molar-refractivity contribution in [3.8, 4) is 0 Å². The zero-order valence-electron chi connectivity index (χ0n) is 12.9. The van der Waals surface area contributed by atoms with Crippen LogP contribution >= 0.6 is 0 Å². The first-order chi connectivity index (χ1) is 9.30. The quantitative estimate of drug-likeness (QED) is 0.794. The Labute approximate surface area is 120 Å². The number of nitrogens with one attached hydrogen (secondary N) is 1. The summed E-state index contributed by atoms with van der Waals surface area (Å²) in [4.78, 5) is 25.1. The monoisotopic (exact) mass is 286 g/mol. The highest BCUT2D eigenvalue weighted by atomic mass is 16.6. The molecule has 0 aliphatic carbocycles. The first kappa shape index (κ1) is 16.8. The van der Waals surface area contributed by atoms with Gasteiger partial charge < -0.3 is 14.8 Å². The van der Waals surface area contributed by atoms with Gasteiger partial charge in [-0.05, 0) is 40.5 Å². The van der Waals surface area contributed by atoms with Crippen molar-refractivity contribution in [1.82, 2.24) is 10.2 Å². The van der Waals surface area contributed by atoms with Crippen molar-refractivity contribution in [2.45, 2.75) is 52.2 Å². The summed E-state index contributed by atoms with van der Waals surface area (Å²) in [7, 11) is 0. The lowest BCUT2D eigenvalue weighted by Gasteiger charge is -2.32. The number of esters is 1. The lowest BCUT2D eigenvalue weighted by molar-refractivity contribution is -0.144. The van der Waals surface area contributed by atoms with Crippen molar-refractivity contribution >= 4 is 12.1 Å². The van der Waals surface area contributed by atoms with Crippen LogP contribution in [0.15, 0.2) is 0 Å². The van der Waals surface area contributed by atoms with Crippen molar-refractivity contribution in [3.05, 3.63) is 0 Å². The van der Waals surface area contributed by atoms with E-state index < -0.39 is 5.60 Å². The summed E-state index contributed by atoms with van der Waals surface area (Å²) in [5, 5.41) is 2.87. The first-order valence-electron chi connectivity index (χ1n) is 7.17. The molecule has 0 atom stereocenters. The SMILES string of the molecule is CCOC(=O)CN1CCC(NC(=O)OC(C)(C)C)CC1. The third-order valence-electron chi connectivity index (χ3n) is 2.97. The third kappa shape index (κ3) is 6.75. The summed E-state index contributed by atoms with van der Waals surface area (Å²) in [6.07, 6.45) is 1.26. The molecule has 1 amide bonds. The molecule has 1 fully saturated rings. The summed E-state index contributed by atoms with van der Waals surface area (Å²) in [5.41, 5.74) is -0.477. The summed E-state index contributed by atoms with van der Waals surface area (Å²) in [6.45, 7) is 9.62. The minimum atomic E-state index is -0.477. The predicted molar refractivity (Wildman–Crippen MR) is 75.5 cm³/mol. The highest BCUT2D eigenvalue weighted by Gasteiger charge is 2.24. The van der Waals surface area contributed by atoms with Crippen LogP contribution in [0.25, 0.3) is 0 Å². The van der Waals surface area contributed by atoms with Gasteiger partial charge in [-0.15, -0.1) is 0 Å². The minimum Gasteiger partial charge on any atom is -0.465 e. The molecule has 0 unspecified atom stereocenters. The standard InChI is InChI=1S/C14H26N2O4/c1-5-19-12(17)10-16-8-6-11(7-9-16)15-13(18)20-14(2,3)4/h11H,5-10H2,1-4H3,(H,15,18). The largest absolute Gasteiger partial charge is 0.465 e. The zero-order valence-corrected chi connectivity index (χ0v) is 12.9. The Bertz CT molecular complexity index is 331. The summed E-state index contributed by atoms with van der Waals surface area (Å²) in [6, 6.07) is 0.114. The van der Waals surface area contributed by atoms with Crippen LogP contribution in [0.2, 0.25) is 0 Å². The lowest BCUT2D eigenvalue weighted by Crippen LogP contribution is -2.47. The number of rotatable bonds is 4. The topological polar surface area (TPSA) is 67.9 Å². The van der Waals surface area contributed by atoms with Gasteiger partial charge in [-0.1, -0.05) is 0 Å². The maximum atomic E-state index is 11.7. The maximum absolute atomic E-state index is 11.7. The summed E-state index contributed by atoms with van der Waals surface area (Å²) < 4.78 is 10.1. The molecule has 0 spiro atoms. The molecule has 1 rings (SSSR count). The number of nitrogens with zero attached hydrogens (tertiary/aromatic N) is 1. The van der Waals surface area contributed by atoms with Gasteiger partial charge in [0.15, 0.2) is 0 Å². The second-order valence-corrected chi connectivity index (χ2v) is 6.00. The van der Waals surface area contributed by atoms with Crippen LogP contribution in [0.4, 0.5) is 4.79 Å². The Morgan fingerprint density at radius 1 is 1.25 bits per heavy atom. The van der Waals surface area contributed by atoms with E-state index in [1.54, 1.807) is 6.92 Å². The summed E-state index contributed by atoms with van der Waals surface area (Å²) in [5.74, 6) is -0.189. The molecule has 6 heteroatoms. The molecule has 6 nitrogen and oxygen atoms in total. The highest BCUT2D eigenvalue weighted by molar-refractivity contribution is 5.71. The van der Waals surface area contributed by atoms with Crippen molar-refractivity contribution in [3.63, 3.8) is 0 Å². The van der Waals surface area contributed by atoms with Gasteiger partial charge >= 0.3 is 12.1 Å². The Kier molecular flexibility index (Phi) is 6.26. The molecule has 1 aliphatic rings. The van der Waals surface area contributed by atoms with E-state index in [4.69, 9.17) is 9.47 Å². The van der Waals surface area contributed by atoms with E-state index in [1.807, 2.05) is 25.7 Å². The molecule has 0 bridgehead atoms. The number of hydrogen-bond donors (Lipinski definition) is 1. The molecule has 0 radical (unpaired) electrons. The fourth-order valence-electron chi connectivity index (χ4n) is 2.10. The van der Waals surface area contributed by atoms with Crippen molar-refractivity contribution in [2.24, 2.45) is 0 Å². The number of carbonyl (C=O) groups is 2. The summed E-state index contributed by atoms with van der Waals surface area (Å²) >= 11 is 0. The molecular weight excluding hydrogens is 260 g/mol. The molecule has 0 aromatic rings. The second-order valence-electron chi connectivity index (χ2n) is 6.00. The minimum absolute atomic E-state index is 0.114. The average Bonchev–Trinajstić information content (AvgIpc) is 2.29. The van der Waals surface area contributed by atoms with Crippen molar-refractivity contribution in [2.75, 3.05) is 26.2 Å². The normalized spacial score (nSPS) is 17.6. The van der Waals surface area contributed by atoms with E-state index in [-0.39, 0.29) is 18.1 Å². The Balaban J connectivity index is 2.25. The number of hydrogen-bond acceptors (Lipinski definition) is 5. The molecule has 0 saturated carbocycles. The second kappa shape index (κ2) is 7.47. The highest BCUT2D eigenvalue weighted by Crippen LogP contribution is 2.12. The fraction of sp³-hybridized carbons (Fsp3) is 0.857. The molecule has 20 heavy (non-hydrogen) atoms. The van der Waals surface area contributed by atoms with Gasteiger partial charge in [0.1, 0.15) is 5.60 Å². The van der Waals surface area contributed by atoms with Crippen LogP contribution < -0.4 is 5.32 Å². The number of ether oxygens (including phenoxy) is 2. The Hall–Kier alpha value is -1.30. The molecule has 1 heterocycles. The van der Waals surface area contributed by atoms with E-state index in [0.717, 1.165) is 25.9 Å². The van der Waals surface area contributed by atoms with Crippen molar-refractivity contribution in [1.29, 1.82) is 0 Å².